The highest BCUT2D eigenvalue weighted by Gasteiger charge is 2.24. The largest absolute Gasteiger partial charge is 0.470 e. The number of nitrogens with one attached hydrogen (secondary N) is 1. The predicted molar refractivity (Wildman–Crippen MR) is 119 cm³/mol. The maximum Gasteiger partial charge on any atom is 0.292 e. The van der Waals surface area contributed by atoms with Crippen molar-refractivity contribution in [1.29, 1.82) is 0 Å². The van der Waals surface area contributed by atoms with E-state index in [0.717, 1.165) is 36.5 Å². The fourth-order valence-corrected chi connectivity index (χ4v) is 4.01. The van der Waals surface area contributed by atoms with E-state index in [1.54, 1.807) is 6.20 Å². The fraction of sp³-hybridized carbons (Fsp3) is 0.450. The molecule has 8 nitrogen and oxygen atoms in total. The zero-order valence-electron chi connectivity index (χ0n) is 17.0. The van der Waals surface area contributed by atoms with Crippen LogP contribution in [-0.2, 0) is 0 Å². The molecule has 1 amide bonds. The number of rotatable bonds is 10. The van der Waals surface area contributed by atoms with Gasteiger partial charge in [-0.25, -0.2) is 4.98 Å². The van der Waals surface area contributed by atoms with Crippen molar-refractivity contribution in [2.75, 3.05) is 32.0 Å². The molecule has 3 rings (SSSR count). The van der Waals surface area contributed by atoms with Crippen molar-refractivity contribution in [2.45, 2.75) is 31.7 Å². The number of allylic oxidation sites excluding steroid dienone is 2. The molecule has 3 N–H and O–H groups in total. The minimum absolute atomic E-state index is 0.0587. The first-order valence-electron chi connectivity index (χ1n) is 9.87. The smallest absolute Gasteiger partial charge is 0.292 e. The Bertz CT molecular complexity index is 906. The van der Waals surface area contributed by atoms with Gasteiger partial charge in [-0.05, 0) is 25.1 Å². The maximum absolute atomic E-state index is 12.3. The lowest BCUT2D eigenvalue weighted by Crippen LogP contribution is -2.40. The van der Waals surface area contributed by atoms with Crippen molar-refractivity contribution in [3.8, 4) is 5.19 Å². The van der Waals surface area contributed by atoms with Crippen LogP contribution in [0.4, 0.5) is 6.01 Å². The molecule has 0 aromatic carbocycles. The summed E-state index contributed by atoms with van der Waals surface area (Å²) in [5.41, 5.74) is 6.46. The number of oxazole rings is 1. The third-order valence-electron chi connectivity index (χ3n) is 4.72. The number of nitrogen functional groups attached to an aromatic ring is 1. The Kier molecular flexibility index (Phi) is 7.89. The van der Waals surface area contributed by atoms with Gasteiger partial charge in [-0.15, -0.1) is 11.6 Å². The lowest BCUT2D eigenvalue weighted by atomic mass is 10.0. The Labute approximate surface area is 184 Å². The summed E-state index contributed by atoms with van der Waals surface area (Å²) in [7, 11) is 0. The van der Waals surface area contributed by atoms with Gasteiger partial charge >= 0.3 is 0 Å². The number of alkyl halides is 1. The van der Waals surface area contributed by atoms with Crippen LogP contribution in [0.5, 0.6) is 5.19 Å². The highest BCUT2D eigenvalue weighted by Crippen LogP contribution is 2.31. The highest BCUT2D eigenvalue weighted by atomic mass is 35.5. The second kappa shape index (κ2) is 10.6. The quantitative estimate of drug-likeness (QED) is 0.422. The summed E-state index contributed by atoms with van der Waals surface area (Å²) in [4.78, 5) is 23.8. The number of aromatic nitrogens is 2. The first-order chi connectivity index (χ1) is 14.5. The number of thiazole rings is 1. The second-order valence-electron chi connectivity index (χ2n) is 6.72. The lowest BCUT2D eigenvalue weighted by Gasteiger charge is -2.22. The average Bonchev–Trinajstić information content (AvgIpc) is 3.39. The van der Waals surface area contributed by atoms with Crippen molar-refractivity contribution in [3.63, 3.8) is 0 Å². The van der Waals surface area contributed by atoms with Crippen LogP contribution < -0.4 is 15.8 Å². The van der Waals surface area contributed by atoms with Gasteiger partial charge in [0.2, 0.25) is 0 Å². The Hall–Kier alpha value is -2.36. The van der Waals surface area contributed by atoms with Crippen molar-refractivity contribution in [3.05, 3.63) is 41.3 Å². The standard InChI is InChI=1S/C20H26ClN5O3S/c1-3-26(4-2)8-5-9-28-20-23-11-17(30-20)13-6-7-14(21)15(10-13)24-18(27)16-12-29-19(22)25-16/h6-7,10-12,14-15H,3-5,8-9H2,1-2H3,(H2,22,25)(H,24,27). The molecular formula is C20H26ClN5O3S. The van der Waals surface area contributed by atoms with E-state index in [1.165, 1.54) is 17.6 Å². The Morgan fingerprint density at radius 1 is 1.43 bits per heavy atom. The fourth-order valence-electron chi connectivity index (χ4n) is 3.00. The van der Waals surface area contributed by atoms with Crippen LogP contribution in [0, 0.1) is 0 Å². The summed E-state index contributed by atoms with van der Waals surface area (Å²) in [5, 5.41) is 3.09. The zero-order valence-corrected chi connectivity index (χ0v) is 18.6. The molecule has 0 bridgehead atoms. The molecule has 30 heavy (non-hydrogen) atoms. The normalized spacial score (nSPS) is 18.5. The van der Waals surface area contributed by atoms with Gasteiger partial charge in [0.1, 0.15) is 6.26 Å². The summed E-state index contributed by atoms with van der Waals surface area (Å²) in [5.74, 6) is -0.404. The molecule has 10 heteroatoms. The molecule has 0 fully saturated rings. The molecule has 162 valence electrons. The summed E-state index contributed by atoms with van der Waals surface area (Å²) >= 11 is 7.82. The van der Waals surface area contributed by atoms with Crippen LogP contribution in [-0.4, -0.2) is 58.4 Å². The number of hydrogen-bond acceptors (Lipinski definition) is 8. The summed E-state index contributed by atoms with van der Waals surface area (Å²) in [6.45, 7) is 8.04. The van der Waals surface area contributed by atoms with E-state index in [4.69, 9.17) is 26.5 Å². The van der Waals surface area contributed by atoms with Crippen molar-refractivity contribution >= 4 is 40.4 Å². The van der Waals surface area contributed by atoms with Gasteiger partial charge in [0.15, 0.2) is 5.69 Å². The highest BCUT2D eigenvalue weighted by molar-refractivity contribution is 7.14. The molecule has 0 spiro atoms. The van der Waals surface area contributed by atoms with E-state index in [2.05, 4.69) is 34.0 Å². The first kappa shape index (κ1) is 22.3. The predicted octanol–water partition coefficient (Wildman–Crippen LogP) is 3.18. The van der Waals surface area contributed by atoms with Crippen LogP contribution in [0.2, 0.25) is 0 Å². The van der Waals surface area contributed by atoms with Crippen LogP contribution in [0.1, 0.15) is 35.6 Å². The van der Waals surface area contributed by atoms with E-state index in [-0.39, 0.29) is 17.1 Å². The van der Waals surface area contributed by atoms with Crippen LogP contribution in [0.3, 0.4) is 0 Å². The number of hydrogen-bond donors (Lipinski definition) is 2. The van der Waals surface area contributed by atoms with E-state index < -0.39 is 11.9 Å². The summed E-state index contributed by atoms with van der Waals surface area (Å²) < 4.78 is 10.7. The molecule has 2 aromatic heterocycles. The molecule has 0 aliphatic heterocycles. The molecule has 2 heterocycles. The molecule has 0 radical (unpaired) electrons. The van der Waals surface area contributed by atoms with Crippen LogP contribution in [0.25, 0.3) is 5.57 Å². The monoisotopic (exact) mass is 451 g/mol. The molecule has 1 aliphatic rings. The topological polar surface area (TPSA) is 107 Å². The molecule has 2 unspecified atom stereocenters. The van der Waals surface area contributed by atoms with Gasteiger partial charge in [0, 0.05) is 12.7 Å². The molecular weight excluding hydrogens is 426 g/mol. The number of ether oxygens (including phenoxy) is 1. The third kappa shape index (κ3) is 5.84. The van der Waals surface area contributed by atoms with Gasteiger partial charge < -0.3 is 25.1 Å². The summed E-state index contributed by atoms with van der Waals surface area (Å²) in [6.07, 6.45) is 9.59. The van der Waals surface area contributed by atoms with Gasteiger partial charge in [-0.1, -0.05) is 43.4 Å². The van der Waals surface area contributed by atoms with Crippen LogP contribution in [0.15, 0.2) is 35.1 Å². The summed E-state index contributed by atoms with van der Waals surface area (Å²) in [6, 6.07) is -0.464. The van der Waals surface area contributed by atoms with E-state index in [9.17, 15) is 4.79 Å². The number of nitrogens with zero attached hydrogens (tertiary/aromatic N) is 3. The van der Waals surface area contributed by atoms with E-state index in [1.807, 2.05) is 18.2 Å². The average molecular weight is 452 g/mol. The Balaban J connectivity index is 1.58. The van der Waals surface area contributed by atoms with Crippen molar-refractivity contribution < 1.29 is 13.9 Å². The SMILES string of the molecule is CCN(CC)CCCOc1ncc(C2=CC(NC(=O)c3coc(N)n3)C(Cl)C=C2)s1. The first-order valence-corrected chi connectivity index (χ1v) is 11.1. The lowest BCUT2D eigenvalue weighted by molar-refractivity contribution is 0.0940. The van der Waals surface area contributed by atoms with Crippen LogP contribution >= 0.6 is 22.9 Å². The number of carbonyl (C=O) groups excluding carboxylic acids is 1. The molecule has 1 aliphatic carbocycles. The van der Waals surface area contributed by atoms with Gasteiger partial charge in [0.05, 0.1) is 22.9 Å². The van der Waals surface area contributed by atoms with Crippen molar-refractivity contribution in [2.24, 2.45) is 0 Å². The van der Waals surface area contributed by atoms with E-state index in [0.29, 0.717) is 11.8 Å². The molecule has 0 saturated heterocycles. The Morgan fingerprint density at radius 3 is 2.93 bits per heavy atom. The zero-order chi connectivity index (χ0) is 21.5. The minimum atomic E-state index is -0.405. The number of carbonyl (C=O) groups is 1. The van der Waals surface area contributed by atoms with Gasteiger partial charge in [0.25, 0.3) is 17.1 Å². The second-order valence-corrected chi connectivity index (χ2v) is 8.21. The molecule has 0 saturated carbocycles. The number of nitrogens with two attached hydrogens (primary N) is 1. The molecule has 2 atom stereocenters. The number of amides is 1. The number of anilines is 1. The number of halogens is 1. The minimum Gasteiger partial charge on any atom is -0.470 e. The van der Waals surface area contributed by atoms with E-state index >= 15 is 0 Å². The van der Waals surface area contributed by atoms with Crippen molar-refractivity contribution in [1.82, 2.24) is 20.2 Å². The molecule has 2 aromatic rings. The Morgan fingerprint density at radius 2 is 2.23 bits per heavy atom. The third-order valence-corrected chi connectivity index (χ3v) is 6.10. The van der Waals surface area contributed by atoms with Gasteiger partial charge in [-0.2, -0.15) is 4.98 Å². The van der Waals surface area contributed by atoms with Gasteiger partial charge in [-0.3, -0.25) is 4.79 Å². The maximum atomic E-state index is 12.3.